The van der Waals surface area contributed by atoms with Crippen LogP contribution in [0.15, 0.2) is 77.7 Å². The monoisotopic (exact) mass is 482 g/mol. The standard InChI is InChI=1S/C26H30N2O5S/c1-5-20-11-14-22(15-12-20)28(34(30,31)23-9-7-6-8-10-23)18-26(29)27-19(2)21-13-16-24(32-3)25(17-21)33-4/h6-17,19H,5,18H2,1-4H3,(H,27,29)/t19-/m1/s1. The van der Waals surface area contributed by atoms with Gasteiger partial charge in [0.1, 0.15) is 6.54 Å². The summed E-state index contributed by atoms with van der Waals surface area (Å²) in [6.07, 6.45) is 0.828. The summed E-state index contributed by atoms with van der Waals surface area (Å²) in [5.74, 6) is 0.701. The summed E-state index contributed by atoms with van der Waals surface area (Å²) in [5.41, 5.74) is 2.30. The fraction of sp³-hybridized carbons (Fsp3) is 0.269. The summed E-state index contributed by atoms with van der Waals surface area (Å²) in [6, 6.07) is 20.3. The van der Waals surface area contributed by atoms with Gasteiger partial charge in [-0.3, -0.25) is 9.10 Å². The Hall–Kier alpha value is -3.52. The Labute approximate surface area is 201 Å². The molecule has 1 amide bonds. The van der Waals surface area contributed by atoms with Gasteiger partial charge in [-0.15, -0.1) is 0 Å². The molecule has 0 bridgehead atoms. The van der Waals surface area contributed by atoms with E-state index in [2.05, 4.69) is 5.32 Å². The van der Waals surface area contributed by atoms with Crippen molar-refractivity contribution in [3.05, 3.63) is 83.9 Å². The molecular weight excluding hydrogens is 452 g/mol. The molecule has 1 atom stereocenters. The van der Waals surface area contributed by atoms with E-state index < -0.39 is 15.9 Å². The van der Waals surface area contributed by atoms with E-state index in [0.29, 0.717) is 17.2 Å². The maximum Gasteiger partial charge on any atom is 0.264 e. The Morgan fingerprint density at radius 1 is 0.941 bits per heavy atom. The number of ether oxygens (including phenoxy) is 2. The molecule has 180 valence electrons. The van der Waals surface area contributed by atoms with Crippen LogP contribution in [0.5, 0.6) is 11.5 Å². The number of anilines is 1. The van der Waals surface area contributed by atoms with E-state index in [9.17, 15) is 13.2 Å². The Morgan fingerprint density at radius 3 is 2.18 bits per heavy atom. The van der Waals surface area contributed by atoms with Gasteiger partial charge in [-0.05, 0) is 60.9 Å². The van der Waals surface area contributed by atoms with E-state index in [1.54, 1.807) is 56.7 Å². The van der Waals surface area contributed by atoms with E-state index in [1.165, 1.54) is 12.1 Å². The average Bonchev–Trinajstić information content (AvgIpc) is 2.87. The lowest BCUT2D eigenvalue weighted by Gasteiger charge is -2.25. The number of sulfonamides is 1. The lowest BCUT2D eigenvalue weighted by molar-refractivity contribution is -0.120. The predicted octanol–water partition coefficient (Wildman–Crippen LogP) is 4.34. The van der Waals surface area contributed by atoms with Crippen LogP contribution in [0, 0.1) is 0 Å². The number of nitrogens with one attached hydrogen (secondary N) is 1. The maximum absolute atomic E-state index is 13.4. The SMILES string of the molecule is CCc1ccc(N(CC(=O)N[C@H](C)c2ccc(OC)c(OC)c2)S(=O)(=O)c2ccccc2)cc1. The molecule has 34 heavy (non-hydrogen) atoms. The summed E-state index contributed by atoms with van der Waals surface area (Å²) in [5, 5.41) is 2.89. The molecule has 0 aliphatic heterocycles. The minimum Gasteiger partial charge on any atom is -0.493 e. The smallest absolute Gasteiger partial charge is 0.264 e. The summed E-state index contributed by atoms with van der Waals surface area (Å²) in [4.78, 5) is 13.1. The van der Waals surface area contributed by atoms with Gasteiger partial charge in [0, 0.05) is 0 Å². The maximum atomic E-state index is 13.4. The zero-order valence-electron chi connectivity index (χ0n) is 19.8. The van der Waals surface area contributed by atoms with E-state index in [0.717, 1.165) is 21.9 Å². The van der Waals surface area contributed by atoms with Gasteiger partial charge >= 0.3 is 0 Å². The first-order valence-corrected chi connectivity index (χ1v) is 12.4. The number of benzene rings is 3. The number of rotatable bonds is 10. The summed E-state index contributed by atoms with van der Waals surface area (Å²) in [6.45, 7) is 3.49. The molecule has 3 rings (SSSR count). The molecule has 0 saturated heterocycles. The van der Waals surface area contributed by atoms with Gasteiger partial charge in [0.2, 0.25) is 5.91 Å². The van der Waals surface area contributed by atoms with E-state index >= 15 is 0 Å². The number of carbonyl (C=O) groups excluding carboxylic acids is 1. The van der Waals surface area contributed by atoms with Crippen molar-refractivity contribution in [2.24, 2.45) is 0 Å². The van der Waals surface area contributed by atoms with Gasteiger partial charge in [-0.25, -0.2) is 8.42 Å². The van der Waals surface area contributed by atoms with Crippen LogP contribution in [-0.2, 0) is 21.2 Å². The van der Waals surface area contributed by atoms with Gasteiger partial charge in [-0.2, -0.15) is 0 Å². The zero-order valence-corrected chi connectivity index (χ0v) is 20.6. The fourth-order valence-electron chi connectivity index (χ4n) is 3.56. The van der Waals surface area contributed by atoms with Crippen molar-refractivity contribution in [2.75, 3.05) is 25.1 Å². The van der Waals surface area contributed by atoms with Gasteiger partial charge in [0.05, 0.1) is 30.8 Å². The Kier molecular flexibility index (Phi) is 8.17. The first-order chi connectivity index (χ1) is 16.3. The molecule has 0 aromatic heterocycles. The van der Waals surface area contributed by atoms with Crippen molar-refractivity contribution >= 4 is 21.6 Å². The topological polar surface area (TPSA) is 84.9 Å². The first-order valence-electron chi connectivity index (χ1n) is 11.0. The van der Waals surface area contributed by atoms with Gasteiger partial charge in [0.25, 0.3) is 10.0 Å². The second-order valence-electron chi connectivity index (χ2n) is 7.75. The number of hydrogen-bond acceptors (Lipinski definition) is 5. The number of amides is 1. The van der Waals surface area contributed by atoms with Crippen LogP contribution in [0.4, 0.5) is 5.69 Å². The second kappa shape index (κ2) is 11.1. The summed E-state index contributed by atoms with van der Waals surface area (Å²) < 4.78 is 38.6. The molecule has 0 aliphatic carbocycles. The van der Waals surface area contributed by atoms with Crippen LogP contribution < -0.4 is 19.1 Å². The third-order valence-electron chi connectivity index (χ3n) is 5.54. The first kappa shape index (κ1) is 25.1. The molecule has 0 aliphatic rings. The second-order valence-corrected chi connectivity index (χ2v) is 9.61. The molecule has 3 aromatic carbocycles. The van der Waals surface area contributed by atoms with Crippen molar-refractivity contribution in [1.29, 1.82) is 0 Å². The molecule has 0 spiro atoms. The Morgan fingerprint density at radius 2 is 1.59 bits per heavy atom. The minimum atomic E-state index is -3.95. The number of nitrogens with zero attached hydrogens (tertiary/aromatic N) is 1. The van der Waals surface area contributed by atoms with Crippen LogP contribution in [0.1, 0.15) is 31.0 Å². The molecule has 3 aromatic rings. The Bertz CT molecular complexity index is 1210. The average molecular weight is 483 g/mol. The molecule has 0 radical (unpaired) electrons. The fourth-order valence-corrected chi connectivity index (χ4v) is 5.00. The lowest BCUT2D eigenvalue weighted by Crippen LogP contribution is -2.41. The third-order valence-corrected chi connectivity index (χ3v) is 7.32. The number of methoxy groups -OCH3 is 2. The summed E-state index contributed by atoms with van der Waals surface area (Å²) in [7, 11) is -0.857. The highest BCUT2D eigenvalue weighted by atomic mass is 32.2. The van der Waals surface area contributed by atoms with Gasteiger partial charge in [0.15, 0.2) is 11.5 Å². The third kappa shape index (κ3) is 5.69. The normalized spacial score (nSPS) is 12.0. The van der Waals surface area contributed by atoms with Crippen LogP contribution >= 0.6 is 0 Å². The molecule has 0 heterocycles. The zero-order chi connectivity index (χ0) is 24.7. The minimum absolute atomic E-state index is 0.121. The quantitative estimate of drug-likeness (QED) is 0.465. The van der Waals surface area contributed by atoms with Crippen molar-refractivity contribution < 1.29 is 22.7 Å². The van der Waals surface area contributed by atoms with Crippen molar-refractivity contribution in [3.8, 4) is 11.5 Å². The van der Waals surface area contributed by atoms with Gasteiger partial charge in [-0.1, -0.05) is 43.3 Å². The van der Waals surface area contributed by atoms with Crippen LogP contribution in [-0.4, -0.2) is 35.1 Å². The number of carbonyl (C=O) groups is 1. The van der Waals surface area contributed by atoms with Gasteiger partial charge < -0.3 is 14.8 Å². The molecule has 8 heteroatoms. The molecule has 0 fully saturated rings. The largest absolute Gasteiger partial charge is 0.493 e. The lowest BCUT2D eigenvalue weighted by atomic mass is 10.1. The number of aryl methyl sites for hydroxylation is 1. The Balaban J connectivity index is 1.86. The van der Waals surface area contributed by atoms with Crippen molar-refractivity contribution in [1.82, 2.24) is 5.32 Å². The predicted molar refractivity (Wildman–Crippen MR) is 133 cm³/mol. The van der Waals surface area contributed by atoms with Crippen LogP contribution in [0.25, 0.3) is 0 Å². The molecule has 1 N–H and O–H groups in total. The summed E-state index contributed by atoms with van der Waals surface area (Å²) >= 11 is 0. The van der Waals surface area contributed by atoms with Crippen molar-refractivity contribution in [3.63, 3.8) is 0 Å². The van der Waals surface area contributed by atoms with Crippen molar-refractivity contribution in [2.45, 2.75) is 31.2 Å². The molecule has 0 saturated carbocycles. The highest BCUT2D eigenvalue weighted by molar-refractivity contribution is 7.92. The van der Waals surface area contributed by atoms with Crippen LogP contribution in [0.3, 0.4) is 0 Å². The number of hydrogen-bond donors (Lipinski definition) is 1. The highest BCUT2D eigenvalue weighted by Gasteiger charge is 2.27. The molecule has 7 nitrogen and oxygen atoms in total. The molecular formula is C26H30N2O5S. The van der Waals surface area contributed by atoms with E-state index in [4.69, 9.17) is 9.47 Å². The highest BCUT2D eigenvalue weighted by Crippen LogP contribution is 2.30. The van der Waals surface area contributed by atoms with E-state index in [-0.39, 0.29) is 17.5 Å². The van der Waals surface area contributed by atoms with E-state index in [1.807, 2.05) is 32.0 Å². The molecule has 0 unspecified atom stereocenters. The van der Waals surface area contributed by atoms with Crippen LogP contribution in [0.2, 0.25) is 0 Å².